The number of likely N-dealkylation sites (N-methyl/N-ethyl adjacent to an activating group) is 1. The molecule has 1 aromatic carbocycles. The van der Waals surface area contributed by atoms with Crippen molar-refractivity contribution in [2.75, 3.05) is 19.8 Å². The molecule has 1 fully saturated rings. The highest BCUT2D eigenvalue weighted by molar-refractivity contribution is 5.80. The van der Waals surface area contributed by atoms with Crippen LogP contribution in [0.1, 0.15) is 25.5 Å². The molecular weight excluding hydrogens is 259 g/mol. The van der Waals surface area contributed by atoms with Gasteiger partial charge in [0.05, 0.1) is 25.2 Å². The number of hydrogen-bond acceptors (Lipinski definition) is 3. The van der Waals surface area contributed by atoms with Crippen molar-refractivity contribution in [2.24, 2.45) is 5.92 Å². The Morgan fingerprint density at radius 3 is 3.00 bits per heavy atom. The zero-order valence-corrected chi connectivity index (χ0v) is 11.9. The summed E-state index contributed by atoms with van der Waals surface area (Å²) in [7, 11) is 0. The van der Waals surface area contributed by atoms with Crippen LogP contribution in [-0.4, -0.2) is 31.7 Å². The molecule has 2 unspecified atom stereocenters. The number of rotatable bonds is 5. The molecule has 0 spiro atoms. The van der Waals surface area contributed by atoms with Crippen LogP contribution in [0.5, 0.6) is 0 Å². The quantitative estimate of drug-likeness (QED) is 0.862. The highest BCUT2D eigenvalue weighted by atomic mass is 19.1. The second-order valence-electron chi connectivity index (χ2n) is 5.09. The van der Waals surface area contributed by atoms with Gasteiger partial charge in [-0.3, -0.25) is 4.79 Å². The molecule has 0 aliphatic carbocycles. The van der Waals surface area contributed by atoms with Crippen molar-refractivity contribution in [3.05, 3.63) is 35.6 Å². The third kappa shape index (κ3) is 3.55. The first-order valence-corrected chi connectivity index (χ1v) is 6.98. The summed E-state index contributed by atoms with van der Waals surface area (Å²) in [6.07, 6.45) is 0. The zero-order chi connectivity index (χ0) is 14.5. The van der Waals surface area contributed by atoms with Gasteiger partial charge in [0.25, 0.3) is 0 Å². The van der Waals surface area contributed by atoms with Gasteiger partial charge in [0, 0.05) is 6.04 Å². The van der Waals surface area contributed by atoms with E-state index >= 15 is 0 Å². The fourth-order valence-electron chi connectivity index (χ4n) is 2.46. The highest BCUT2D eigenvalue weighted by Crippen LogP contribution is 2.18. The minimum absolute atomic E-state index is 0.0507. The molecule has 4 nitrogen and oxygen atoms in total. The van der Waals surface area contributed by atoms with E-state index in [2.05, 4.69) is 10.6 Å². The van der Waals surface area contributed by atoms with Gasteiger partial charge < -0.3 is 15.4 Å². The van der Waals surface area contributed by atoms with E-state index in [1.807, 2.05) is 13.8 Å². The normalized spacial score (nSPS) is 23.6. The smallest absolute Gasteiger partial charge is 0.227 e. The molecule has 1 aliphatic rings. The molecule has 3 atom stereocenters. The third-order valence-corrected chi connectivity index (χ3v) is 3.59. The number of carbonyl (C=O) groups excluding carboxylic acids is 1. The summed E-state index contributed by atoms with van der Waals surface area (Å²) in [5.74, 6) is -0.533. The number of amides is 1. The van der Waals surface area contributed by atoms with Crippen LogP contribution in [0, 0.1) is 11.7 Å². The van der Waals surface area contributed by atoms with Crippen molar-refractivity contribution in [3.8, 4) is 0 Å². The molecule has 20 heavy (non-hydrogen) atoms. The molecule has 110 valence electrons. The molecule has 1 amide bonds. The Bertz CT molecular complexity index is 467. The van der Waals surface area contributed by atoms with Crippen molar-refractivity contribution < 1.29 is 13.9 Å². The summed E-state index contributed by atoms with van der Waals surface area (Å²) in [4.78, 5) is 12.3. The average molecular weight is 280 g/mol. The van der Waals surface area contributed by atoms with E-state index in [4.69, 9.17) is 4.74 Å². The molecule has 1 aromatic rings. The van der Waals surface area contributed by atoms with E-state index in [0.717, 1.165) is 12.1 Å². The lowest BCUT2D eigenvalue weighted by molar-refractivity contribution is -0.126. The Kier molecular flexibility index (Phi) is 5.09. The summed E-state index contributed by atoms with van der Waals surface area (Å²) >= 11 is 0. The summed E-state index contributed by atoms with van der Waals surface area (Å²) in [5, 5.41) is 6.18. The first-order valence-electron chi connectivity index (χ1n) is 6.98. The maximum Gasteiger partial charge on any atom is 0.227 e. The van der Waals surface area contributed by atoms with E-state index in [9.17, 15) is 9.18 Å². The molecule has 0 bridgehead atoms. The minimum Gasteiger partial charge on any atom is -0.379 e. The maximum atomic E-state index is 13.2. The molecule has 0 radical (unpaired) electrons. The highest BCUT2D eigenvalue weighted by Gasteiger charge is 2.33. The van der Waals surface area contributed by atoms with Crippen molar-refractivity contribution in [1.82, 2.24) is 10.6 Å². The first kappa shape index (κ1) is 14.9. The molecule has 1 heterocycles. The zero-order valence-electron chi connectivity index (χ0n) is 11.9. The number of carbonyl (C=O) groups is 1. The van der Waals surface area contributed by atoms with Crippen LogP contribution in [0.25, 0.3) is 0 Å². The topological polar surface area (TPSA) is 50.4 Å². The second-order valence-corrected chi connectivity index (χ2v) is 5.09. The molecule has 2 rings (SSSR count). The van der Waals surface area contributed by atoms with Gasteiger partial charge in [0.1, 0.15) is 5.82 Å². The Labute approximate surface area is 118 Å². The standard InChI is InChI=1S/C15H21FN2O2/c1-3-17-14-9-20-8-13(14)15(19)18-10(2)11-5-4-6-12(16)7-11/h4-7,10,13-14,17H,3,8-9H2,1-2H3,(H,18,19)/t10-,13?,14?/m0/s1. The van der Waals surface area contributed by atoms with Gasteiger partial charge >= 0.3 is 0 Å². The second kappa shape index (κ2) is 6.81. The molecule has 1 aliphatic heterocycles. The molecule has 2 N–H and O–H groups in total. The van der Waals surface area contributed by atoms with Gasteiger partial charge in [-0.1, -0.05) is 19.1 Å². The van der Waals surface area contributed by atoms with Crippen LogP contribution < -0.4 is 10.6 Å². The number of hydrogen-bond donors (Lipinski definition) is 2. The lowest BCUT2D eigenvalue weighted by Gasteiger charge is -2.21. The third-order valence-electron chi connectivity index (χ3n) is 3.59. The van der Waals surface area contributed by atoms with Gasteiger partial charge in [0.15, 0.2) is 0 Å². The lowest BCUT2D eigenvalue weighted by Crippen LogP contribution is -2.44. The first-order chi connectivity index (χ1) is 9.61. The van der Waals surface area contributed by atoms with E-state index < -0.39 is 0 Å². The number of benzene rings is 1. The van der Waals surface area contributed by atoms with E-state index in [0.29, 0.717) is 13.2 Å². The molecule has 0 saturated carbocycles. The Morgan fingerprint density at radius 1 is 1.50 bits per heavy atom. The Balaban J connectivity index is 1.97. The van der Waals surface area contributed by atoms with Crippen molar-refractivity contribution in [3.63, 3.8) is 0 Å². The largest absolute Gasteiger partial charge is 0.379 e. The van der Waals surface area contributed by atoms with Crippen LogP contribution in [-0.2, 0) is 9.53 Å². The fourth-order valence-corrected chi connectivity index (χ4v) is 2.46. The van der Waals surface area contributed by atoms with E-state index in [-0.39, 0.29) is 29.7 Å². The van der Waals surface area contributed by atoms with E-state index in [1.54, 1.807) is 12.1 Å². The van der Waals surface area contributed by atoms with Crippen LogP contribution in [0.3, 0.4) is 0 Å². The van der Waals surface area contributed by atoms with Gasteiger partial charge in [-0.15, -0.1) is 0 Å². The monoisotopic (exact) mass is 280 g/mol. The van der Waals surface area contributed by atoms with Crippen molar-refractivity contribution in [1.29, 1.82) is 0 Å². The molecule has 5 heteroatoms. The summed E-state index contributed by atoms with van der Waals surface area (Å²) < 4.78 is 18.6. The number of halogens is 1. The van der Waals surface area contributed by atoms with Crippen LogP contribution >= 0.6 is 0 Å². The van der Waals surface area contributed by atoms with Crippen molar-refractivity contribution >= 4 is 5.91 Å². The summed E-state index contributed by atoms with van der Waals surface area (Å²) in [6, 6.07) is 6.12. The average Bonchev–Trinajstić information content (AvgIpc) is 2.87. The molecule has 0 aromatic heterocycles. The maximum absolute atomic E-state index is 13.2. The van der Waals surface area contributed by atoms with E-state index in [1.165, 1.54) is 12.1 Å². The summed E-state index contributed by atoms with van der Waals surface area (Å²) in [6.45, 7) is 5.64. The van der Waals surface area contributed by atoms with Gasteiger partial charge in [-0.05, 0) is 31.2 Å². The predicted octanol–water partition coefficient (Wildman–Crippen LogP) is 1.63. The summed E-state index contributed by atoms with van der Waals surface area (Å²) in [5.41, 5.74) is 0.761. The van der Waals surface area contributed by atoms with Crippen LogP contribution in [0.2, 0.25) is 0 Å². The predicted molar refractivity (Wildman–Crippen MR) is 74.7 cm³/mol. The SMILES string of the molecule is CCNC1COCC1C(=O)N[C@@H](C)c1cccc(F)c1. The van der Waals surface area contributed by atoms with Gasteiger partial charge in [-0.2, -0.15) is 0 Å². The number of ether oxygens (including phenoxy) is 1. The van der Waals surface area contributed by atoms with Gasteiger partial charge in [-0.25, -0.2) is 4.39 Å². The van der Waals surface area contributed by atoms with Crippen LogP contribution in [0.4, 0.5) is 4.39 Å². The molecular formula is C15H21FN2O2. The number of nitrogens with one attached hydrogen (secondary N) is 2. The van der Waals surface area contributed by atoms with Crippen LogP contribution in [0.15, 0.2) is 24.3 Å². The van der Waals surface area contributed by atoms with Gasteiger partial charge in [0.2, 0.25) is 5.91 Å². The fraction of sp³-hybridized carbons (Fsp3) is 0.533. The lowest BCUT2D eigenvalue weighted by atomic mass is 10.0. The molecule has 1 saturated heterocycles. The van der Waals surface area contributed by atoms with Crippen molar-refractivity contribution in [2.45, 2.75) is 25.9 Å². The minimum atomic E-state index is -0.293. The Morgan fingerprint density at radius 2 is 2.30 bits per heavy atom. The Hall–Kier alpha value is -1.46.